The molecule has 0 atom stereocenters. The first-order valence-electron chi connectivity index (χ1n) is 7.32. The fourth-order valence-electron chi connectivity index (χ4n) is 2.18. The zero-order chi connectivity index (χ0) is 16.8. The van der Waals surface area contributed by atoms with Crippen LogP contribution in [0.15, 0.2) is 42.5 Å². The molecule has 6 heteroatoms. The van der Waals surface area contributed by atoms with E-state index in [0.29, 0.717) is 17.3 Å². The summed E-state index contributed by atoms with van der Waals surface area (Å²) in [6, 6.07) is 13.4. The molecular formula is C17H19N3O2S. The second kappa shape index (κ2) is 7.69. The molecule has 5 nitrogen and oxygen atoms in total. The fraction of sp³-hybridized carbons (Fsp3) is 0.235. The first-order chi connectivity index (χ1) is 11.0. The first kappa shape index (κ1) is 16.9. The molecule has 120 valence electrons. The number of aryl methyl sites for hydroxylation is 2. The van der Waals surface area contributed by atoms with Gasteiger partial charge in [-0.2, -0.15) is 0 Å². The van der Waals surface area contributed by atoms with Crippen molar-refractivity contribution in [2.75, 3.05) is 11.9 Å². The van der Waals surface area contributed by atoms with Gasteiger partial charge in [0, 0.05) is 12.6 Å². The Hall–Kier alpha value is -2.47. The zero-order valence-corrected chi connectivity index (χ0v) is 13.9. The predicted molar refractivity (Wildman–Crippen MR) is 96.9 cm³/mol. The van der Waals surface area contributed by atoms with E-state index in [2.05, 4.69) is 10.6 Å². The normalized spacial score (nSPS) is 10.2. The molecule has 0 spiro atoms. The number of thiocarbonyl (C=S) groups is 1. The Morgan fingerprint density at radius 3 is 2.48 bits per heavy atom. The quantitative estimate of drug-likeness (QED) is 0.497. The summed E-state index contributed by atoms with van der Waals surface area (Å²) in [4.78, 5) is 10.8. The molecule has 0 radical (unpaired) electrons. The average molecular weight is 329 g/mol. The molecule has 0 fully saturated rings. The third-order valence-corrected chi connectivity index (χ3v) is 3.85. The number of nitrogens with zero attached hydrogens (tertiary/aromatic N) is 1. The third-order valence-electron chi connectivity index (χ3n) is 3.60. The highest BCUT2D eigenvalue weighted by molar-refractivity contribution is 7.80. The van der Waals surface area contributed by atoms with Gasteiger partial charge in [-0.05, 0) is 55.2 Å². The van der Waals surface area contributed by atoms with Gasteiger partial charge in [0.15, 0.2) is 5.11 Å². The Labute approximate surface area is 140 Å². The predicted octanol–water partition coefficient (Wildman–Crippen LogP) is 3.74. The minimum Gasteiger partial charge on any atom is -0.362 e. The topological polar surface area (TPSA) is 67.2 Å². The molecule has 0 aliphatic carbocycles. The summed E-state index contributed by atoms with van der Waals surface area (Å²) < 4.78 is 0. The average Bonchev–Trinajstić information content (AvgIpc) is 2.51. The van der Waals surface area contributed by atoms with E-state index >= 15 is 0 Å². The lowest BCUT2D eigenvalue weighted by Crippen LogP contribution is -2.30. The van der Waals surface area contributed by atoms with Crippen LogP contribution in [0.4, 0.5) is 11.4 Å². The maximum atomic E-state index is 11.2. The van der Waals surface area contributed by atoms with E-state index in [1.54, 1.807) is 12.1 Å². The van der Waals surface area contributed by atoms with Crippen LogP contribution in [0.1, 0.15) is 16.7 Å². The van der Waals surface area contributed by atoms with Crippen LogP contribution >= 0.6 is 12.2 Å². The van der Waals surface area contributed by atoms with Crippen molar-refractivity contribution < 1.29 is 4.92 Å². The Morgan fingerprint density at radius 1 is 1.17 bits per heavy atom. The summed E-state index contributed by atoms with van der Waals surface area (Å²) >= 11 is 5.23. The highest BCUT2D eigenvalue weighted by Gasteiger charge is 2.16. The molecule has 2 rings (SSSR count). The van der Waals surface area contributed by atoms with Crippen molar-refractivity contribution >= 4 is 28.7 Å². The number of hydrogen-bond donors (Lipinski definition) is 2. The zero-order valence-electron chi connectivity index (χ0n) is 13.1. The van der Waals surface area contributed by atoms with Crippen molar-refractivity contribution in [2.24, 2.45) is 0 Å². The van der Waals surface area contributed by atoms with Crippen LogP contribution in [-0.4, -0.2) is 16.6 Å². The number of anilines is 1. The largest absolute Gasteiger partial charge is 0.362 e. The molecule has 0 unspecified atom stereocenters. The highest BCUT2D eigenvalue weighted by Crippen LogP contribution is 2.27. The maximum Gasteiger partial charge on any atom is 0.293 e. The molecule has 0 aliphatic rings. The lowest BCUT2D eigenvalue weighted by atomic mass is 10.1. The summed E-state index contributed by atoms with van der Waals surface area (Å²) in [5.41, 5.74) is 3.51. The van der Waals surface area contributed by atoms with Gasteiger partial charge in [-0.15, -0.1) is 0 Å². The molecule has 2 aromatic carbocycles. The fourth-order valence-corrected chi connectivity index (χ4v) is 2.40. The lowest BCUT2D eigenvalue weighted by molar-refractivity contribution is -0.384. The number of hydrogen-bond acceptors (Lipinski definition) is 3. The number of nitro benzene ring substituents is 1. The smallest absolute Gasteiger partial charge is 0.293 e. The lowest BCUT2D eigenvalue weighted by Gasteiger charge is -2.12. The Bertz CT molecular complexity index is 717. The van der Waals surface area contributed by atoms with Crippen molar-refractivity contribution in [1.82, 2.24) is 5.32 Å². The molecule has 2 N–H and O–H groups in total. The van der Waals surface area contributed by atoms with Crippen molar-refractivity contribution in [3.05, 3.63) is 69.3 Å². The van der Waals surface area contributed by atoms with Gasteiger partial charge in [0.25, 0.3) is 5.69 Å². The van der Waals surface area contributed by atoms with E-state index < -0.39 is 4.92 Å². The van der Waals surface area contributed by atoms with Crippen LogP contribution in [-0.2, 0) is 6.42 Å². The van der Waals surface area contributed by atoms with E-state index in [0.717, 1.165) is 17.5 Å². The molecule has 0 heterocycles. The van der Waals surface area contributed by atoms with E-state index in [4.69, 9.17) is 12.2 Å². The van der Waals surface area contributed by atoms with Gasteiger partial charge in [0.05, 0.1) is 4.92 Å². The minimum atomic E-state index is -0.401. The van der Waals surface area contributed by atoms with Gasteiger partial charge in [-0.3, -0.25) is 10.1 Å². The molecule has 0 bridgehead atoms. The van der Waals surface area contributed by atoms with Crippen molar-refractivity contribution in [1.29, 1.82) is 0 Å². The van der Waals surface area contributed by atoms with Crippen LogP contribution in [0.25, 0.3) is 0 Å². The number of rotatable bonds is 5. The van der Waals surface area contributed by atoms with E-state index in [-0.39, 0.29) is 5.69 Å². The van der Waals surface area contributed by atoms with E-state index in [1.807, 2.05) is 44.2 Å². The summed E-state index contributed by atoms with van der Waals surface area (Å²) in [5, 5.41) is 17.6. The van der Waals surface area contributed by atoms with Crippen molar-refractivity contribution in [3.63, 3.8) is 0 Å². The summed E-state index contributed by atoms with van der Waals surface area (Å²) in [6.07, 6.45) is 0.831. The molecule has 0 saturated carbocycles. The molecular weight excluding hydrogens is 310 g/mol. The summed E-state index contributed by atoms with van der Waals surface area (Å²) in [7, 11) is 0. The molecule has 0 aromatic heterocycles. The van der Waals surface area contributed by atoms with Crippen LogP contribution in [0.2, 0.25) is 0 Å². The second-order valence-corrected chi connectivity index (χ2v) is 5.74. The molecule has 23 heavy (non-hydrogen) atoms. The maximum absolute atomic E-state index is 11.2. The Morgan fingerprint density at radius 2 is 1.83 bits per heavy atom. The monoisotopic (exact) mass is 329 g/mol. The molecule has 0 aliphatic heterocycles. The van der Waals surface area contributed by atoms with Gasteiger partial charge in [-0.1, -0.05) is 30.3 Å². The van der Waals surface area contributed by atoms with Crippen LogP contribution in [0.5, 0.6) is 0 Å². The van der Waals surface area contributed by atoms with Gasteiger partial charge >= 0.3 is 0 Å². The molecule has 0 amide bonds. The molecule has 2 aromatic rings. The van der Waals surface area contributed by atoms with Gasteiger partial charge in [-0.25, -0.2) is 0 Å². The highest BCUT2D eigenvalue weighted by atomic mass is 32.1. The SMILES string of the molecule is Cc1cc(NC(=S)NCCc2ccccc2)c([N+](=O)[O-])cc1C. The number of nitro groups is 1. The van der Waals surface area contributed by atoms with Crippen molar-refractivity contribution in [2.45, 2.75) is 20.3 Å². The third kappa shape index (κ3) is 4.75. The van der Waals surface area contributed by atoms with Crippen LogP contribution in [0.3, 0.4) is 0 Å². The standard InChI is InChI=1S/C17H19N3O2S/c1-12-10-15(16(20(21)22)11-13(12)2)19-17(23)18-9-8-14-6-4-3-5-7-14/h3-7,10-11H,8-9H2,1-2H3,(H2,18,19,23). The van der Waals surface area contributed by atoms with E-state index in [1.165, 1.54) is 5.56 Å². The van der Waals surface area contributed by atoms with E-state index in [9.17, 15) is 10.1 Å². The second-order valence-electron chi connectivity index (χ2n) is 5.33. The van der Waals surface area contributed by atoms with Gasteiger partial charge in [0.1, 0.15) is 5.69 Å². The Balaban J connectivity index is 1.97. The van der Waals surface area contributed by atoms with Gasteiger partial charge in [0.2, 0.25) is 0 Å². The Kier molecular flexibility index (Phi) is 5.65. The number of benzene rings is 2. The number of nitrogens with one attached hydrogen (secondary N) is 2. The first-order valence-corrected chi connectivity index (χ1v) is 7.72. The molecule has 0 saturated heterocycles. The van der Waals surface area contributed by atoms with Gasteiger partial charge < -0.3 is 10.6 Å². The minimum absolute atomic E-state index is 0.0281. The van der Waals surface area contributed by atoms with Crippen molar-refractivity contribution in [3.8, 4) is 0 Å². The van der Waals surface area contributed by atoms with Crippen LogP contribution < -0.4 is 10.6 Å². The van der Waals surface area contributed by atoms with Crippen LogP contribution in [0, 0.1) is 24.0 Å². The summed E-state index contributed by atoms with van der Waals surface area (Å²) in [5.74, 6) is 0. The summed E-state index contributed by atoms with van der Waals surface area (Å²) in [6.45, 7) is 4.42.